The summed E-state index contributed by atoms with van der Waals surface area (Å²) in [4.78, 5) is 0. The summed E-state index contributed by atoms with van der Waals surface area (Å²) in [6.45, 7) is 4.34. The number of hydrogen-bond donors (Lipinski definition) is 2. The largest absolute Gasteiger partial charge is 0.392 e. The van der Waals surface area contributed by atoms with Crippen LogP contribution in [0.5, 0.6) is 0 Å². The lowest BCUT2D eigenvalue weighted by Gasteiger charge is -2.05. The van der Waals surface area contributed by atoms with E-state index in [0.717, 1.165) is 26.0 Å². The number of methoxy groups -OCH3 is 1. The van der Waals surface area contributed by atoms with E-state index in [1.807, 2.05) is 0 Å². The van der Waals surface area contributed by atoms with E-state index >= 15 is 0 Å². The highest BCUT2D eigenvalue weighted by Crippen LogP contribution is 1.93. The van der Waals surface area contributed by atoms with E-state index in [1.165, 1.54) is 6.42 Å². The van der Waals surface area contributed by atoms with Gasteiger partial charge in [-0.3, -0.25) is 0 Å². The molecule has 12 heavy (non-hydrogen) atoms. The van der Waals surface area contributed by atoms with E-state index < -0.39 is 0 Å². The third kappa shape index (κ3) is 9.88. The van der Waals surface area contributed by atoms with Gasteiger partial charge in [-0.2, -0.15) is 0 Å². The fourth-order valence-electron chi connectivity index (χ4n) is 0.984. The molecular weight excluding hydrogens is 154 g/mol. The molecule has 0 heterocycles. The van der Waals surface area contributed by atoms with Gasteiger partial charge < -0.3 is 15.2 Å². The lowest BCUT2D eigenvalue weighted by molar-refractivity contribution is 0.187. The highest BCUT2D eigenvalue weighted by molar-refractivity contribution is 4.52. The minimum absolute atomic E-state index is 0.232. The molecule has 0 amide bonds. The first-order chi connectivity index (χ1) is 5.77. The minimum Gasteiger partial charge on any atom is -0.392 e. The molecule has 0 rings (SSSR count). The van der Waals surface area contributed by atoms with E-state index in [-0.39, 0.29) is 6.10 Å². The van der Waals surface area contributed by atoms with Crippen molar-refractivity contribution < 1.29 is 9.84 Å². The van der Waals surface area contributed by atoms with Crippen molar-refractivity contribution in [3.8, 4) is 0 Å². The van der Waals surface area contributed by atoms with Crippen molar-refractivity contribution in [3.63, 3.8) is 0 Å². The number of nitrogens with one attached hydrogen (secondary N) is 1. The molecule has 2 N–H and O–H groups in total. The molecule has 0 aliphatic heterocycles. The second kappa shape index (κ2) is 8.97. The van der Waals surface area contributed by atoms with E-state index in [2.05, 4.69) is 5.32 Å². The molecule has 0 bridgehead atoms. The van der Waals surface area contributed by atoms with Crippen LogP contribution in [0.25, 0.3) is 0 Å². The first-order valence-corrected chi connectivity index (χ1v) is 4.65. The zero-order valence-corrected chi connectivity index (χ0v) is 8.18. The lowest BCUT2D eigenvalue weighted by atomic mass is 10.2. The minimum atomic E-state index is -0.232. The Kier molecular flexibility index (Phi) is 8.88. The Balaban J connectivity index is 2.82. The molecule has 0 spiro atoms. The second-order valence-electron chi connectivity index (χ2n) is 3.11. The summed E-state index contributed by atoms with van der Waals surface area (Å²) in [6.07, 6.45) is 3.26. The number of ether oxygens (including phenoxy) is 1. The summed E-state index contributed by atoms with van der Waals surface area (Å²) in [6, 6.07) is 0. The highest BCUT2D eigenvalue weighted by Gasteiger charge is 1.93. The average Bonchev–Trinajstić information content (AvgIpc) is 2.02. The topological polar surface area (TPSA) is 41.5 Å². The molecule has 0 radical (unpaired) electrons. The highest BCUT2D eigenvalue weighted by atomic mass is 16.5. The average molecular weight is 175 g/mol. The van der Waals surface area contributed by atoms with Crippen molar-refractivity contribution in [2.75, 3.05) is 26.8 Å². The summed E-state index contributed by atoms with van der Waals surface area (Å²) in [5, 5.41) is 12.1. The second-order valence-corrected chi connectivity index (χ2v) is 3.11. The quantitative estimate of drug-likeness (QED) is 0.535. The SMILES string of the molecule is COCCCCCNCC(C)O. The van der Waals surface area contributed by atoms with Gasteiger partial charge in [0.25, 0.3) is 0 Å². The fourth-order valence-corrected chi connectivity index (χ4v) is 0.984. The van der Waals surface area contributed by atoms with Gasteiger partial charge in [0.05, 0.1) is 6.10 Å². The number of hydrogen-bond acceptors (Lipinski definition) is 3. The third-order valence-electron chi connectivity index (χ3n) is 1.64. The molecule has 0 aliphatic rings. The van der Waals surface area contributed by atoms with Crippen LogP contribution < -0.4 is 5.32 Å². The molecule has 1 atom stereocenters. The molecule has 74 valence electrons. The summed E-state index contributed by atoms with van der Waals surface area (Å²) in [5.41, 5.74) is 0. The Morgan fingerprint density at radius 3 is 2.67 bits per heavy atom. The van der Waals surface area contributed by atoms with E-state index in [9.17, 15) is 0 Å². The maximum absolute atomic E-state index is 8.91. The number of unbranched alkanes of at least 4 members (excludes halogenated alkanes) is 2. The Bertz CT molecular complexity index is 86.6. The molecule has 0 saturated carbocycles. The molecule has 0 aromatic heterocycles. The van der Waals surface area contributed by atoms with Crippen molar-refractivity contribution >= 4 is 0 Å². The summed E-state index contributed by atoms with van der Waals surface area (Å²) < 4.78 is 4.93. The molecule has 3 heteroatoms. The van der Waals surface area contributed by atoms with E-state index in [4.69, 9.17) is 9.84 Å². The van der Waals surface area contributed by atoms with Crippen LogP contribution in [0.2, 0.25) is 0 Å². The summed E-state index contributed by atoms with van der Waals surface area (Å²) in [5.74, 6) is 0. The van der Waals surface area contributed by atoms with Gasteiger partial charge in [-0.15, -0.1) is 0 Å². The summed E-state index contributed by atoms with van der Waals surface area (Å²) >= 11 is 0. The Hall–Kier alpha value is -0.120. The van der Waals surface area contributed by atoms with Gasteiger partial charge in [0.15, 0.2) is 0 Å². The van der Waals surface area contributed by atoms with Gasteiger partial charge in [0.2, 0.25) is 0 Å². The van der Waals surface area contributed by atoms with E-state index in [1.54, 1.807) is 14.0 Å². The standard InChI is InChI=1S/C9H21NO2/c1-9(11)8-10-6-4-3-5-7-12-2/h9-11H,3-8H2,1-2H3. The van der Waals surface area contributed by atoms with Gasteiger partial charge in [-0.1, -0.05) is 0 Å². The lowest BCUT2D eigenvalue weighted by Crippen LogP contribution is -2.25. The van der Waals surface area contributed by atoms with Crippen LogP contribution in [0.3, 0.4) is 0 Å². The van der Waals surface area contributed by atoms with Crippen LogP contribution in [-0.2, 0) is 4.74 Å². The molecule has 0 aromatic rings. The maximum atomic E-state index is 8.91. The van der Waals surface area contributed by atoms with Gasteiger partial charge in [-0.05, 0) is 32.7 Å². The zero-order valence-electron chi connectivity index (χ0n) is 8.18. The first kappa shape index (κ1) is 11.9. The van der Waals surface area contributed by atoms with Crippen molar-refractivity contribution in [1.29, 1.82) is 0 Å². The Morgan fingerprint density at radius 2 is 2.08 bits per heavy atom. The van der Waals surface area contributed by atoms with Crippen molar-refractivity contribution in [2.45, 2.75) is 32.3 Å². The normalized spacial score (nSPS) is 13.2. The molecule has 0 saturated heterocycles. The van der Waals surface area contributed by atoms with Gasteiger partial charge in [0, 0.05) is 20.3 Å². The molecule has 1 unspecified atom stereocenters. The molecule has 0 aliphatic carbocycles. The van der Waals surface area contributed by atoms with Crippen molar-refractivity contribution in [1.82, 2.24) is 5.32 Å². The Labute approximate surface area is 75.1 Å². The van der Waals surface area contributed by atoms with Crippen LogP contribution in [0.4, 0.5) is 0 Å². The van der Waals surface area contributed by atoms with Crippen LogP contribution in [0, 0.1) is 0 Å². The van der Waals surface area contributed by atoms with Crippen molar-refractivity contribution in [2.24, 2.45) is 0 Å². The monoisotopic (exact) mass is 175 g/mol. The van der Waals surface area contributed by atoms with Gasteiger partial charge >= 0.3 is 0 Å². The predicted octanol–water partition coefficient (Wildman–Crippen LogP) is 0.774. The van der Waals surface area contributed by atoms with Crippen molar-refractivity contribution in [3.05, 3.63) is 0 Å². The molecule has 0 fully saturated rings. The van der Waals surface area contributed by atoms with Gasteiger partial charge in [0.1, 0.15) is 0 Å². The zero-order chi connectivity index (χ0) is 9.23. The fraction of sp³-hybridized carbons (Fsp3) is 1.00. The van der Waals surface area contributed by atoms with Crippen LogP contribution in [0.1, 0.15) is 26.2 Å². The number of rotatable bonds is 8. The Morgan fingerprint density at radius 1 is 1.33 bits per heavy atom. The maximum Gasteiger partial charge on any atom is 0.0636 e. The first-order valence-electron chi connectivity index (χ1n) is 4.65. The molecule has 0 aromatic carbocycles. The van der Waals surface area contributed by atoms with Crippen LogP contribution in [0.15, 0.2) is 0 Å². The number of aliphatic hydroxyl groups excluding tert-OH is 1. The van der Waals surface area contributed by atoms with E-state index in [0.29, 0.717) is 6.54 Å². The van der Waals surface area contributed by atoms with Crippen LogP contribution >= 0.6 is 0 Å². The number of aliphatic hydroxyl groups is 1. The molecular formula is C9H21NO2. The van der Waals surface area contributed by atoms with Crippen LogP contribution in [-0.4, -0.2) is 38.0 Å². The summed E-state index contributed by atoms with van der Waals surface area (Å²) in [7, 11) is 1.73. The third-order valence-corrected chi connectivity index (χ3v) is 1.64. The van der Waals surface area contributed by atoms with Gasteiger partial charge in [-0.25, -0.2) is 0 Å². The predicted molar refractivity (Wildman–Crippen MR) is 50.3 cm³/mol. The molecule has 3 nitrogen and oxygen atoms in total. The smallest absolute Gasteiger partial charge is 0.0636 e.